The molecule has 0 saturated carbocycles. The van der Waals surface area contributed by atoms with E-state index in [1.165, 1.54) is 24.4 Å². The third kappa shape index (κ3) is 6.09. The summed E-state index contributed by atoms with van der Waals surface area (Å²) in [6.45, 7) is 0.0302. The summed E-state index contributed by atoms with van der Waals surface area (Å²) in [6.07, 6.45) is 1.52. The molecule has 0 aliphatic carbocycles. The molecule has 0 aliphatic rings. The number of aliphatic imine (C=N–C) groups is 1. The standard InChI is InChI=1S/C20H14Cl3N3O3/c21-12-7-13(22)9-14(8-12)26-20(28)19(27)25-11-16-6-5-15(29-16)10-24-18-4-2-1-3-17(18)23/h1-10H,11H2,(H,25,27)(H,26,28). The van der Waals surface area contributed by atoms with Gasteiger partial charge in [-0.2, -0.15) is 0 Å². The van der Waals surface area contributed by atoms with Gasteiger partial charge in [0.2, 0.25) is 0 Å². The Morgan fingerprint density at radius 2 is 1.69 bits per heavy atom. The van der Waals surface area contributed by atoms with E-state index in [-0.39, 0.29) is 6.54 Å². The summed E-state index contributed by atoms with van der Waals surface area (Å²) in [4.78, 5) is 28.2. The van der Waals surface area contributed by atoms with E-state index < -0.39 is 11.8 Å². The van der Waals surface area contributed by atoms with Gasteiger partial charge in [0.1, 0.15) is 11.5 Å². The van der Waals surface area contributed by atoms with Crippen molar-refractivity contribution in [1.29, 1.82) is 0 Å². The molecule has 1 aromatic heterocycles. The number of furan rings is 1. The summed E-state index contributed by atoms with van der Waals surface area (Å²) in [7, 11) is 0. The van der Waals surface area contributed by atoms with Gasteiger partial charge < -0.3 is 15.1 Å². The van der Waals surface area contributed by atoms with Gasteiger partial charge in [-0.15, -0.1) is 0 Å². The van der Waals surface area contributed by atoms with Gasteiger partial charge in [0.05, 0.1) is 23.5 Å². The molecule has 6 nitrogen and oxygen atoms in total. The summed E-state index contributed by atoms with van der Waals surface area (Å²) in [6, 6.07) is 15.0. The molecule has 1 heterocycles. The minimum atomic E-state index is -0.851. The van der Waals surface area contributed by atoms with Gasteiger partial charge in [-0.05, 0) is 42.5 Å². The van der Waals surface area contributed by atoms with E-state index in [1.807, 2.05) is 12.1 Å². The van der Waals surface area contributed by atoms with Crippen LogP contribution >= 0.6 is 34.8 Å². The number of nitrogens with zero attached hydrogens (tertiary/aromatic N) is 1. The Balaban J connectivity index is 1.54. The molecular weight excluding hydrogens is 437 g/mol. The summed E-state index contributed by atoms with van der Waals surface area (Å²) in [5.74, 6) is -0.746. The molecule has 2 N–H and O–H groups in total. The summed E-state index contributed by atoms with van der Waals surface area (Å²) in [5.41, 5.74) is 0.928. The maximum Gasteiger partial charge on any atom is 0.313 e. The summed E-state index contributed by atoms with van der Waals surface area (Å²) in [5, 5.41) is 6.10. The second kappa shape index (κ2) is 9.60. The van der Waals surface area contributed by atoms with Crippen LogP contribution in [-0.4, -0.2) is 18.0 Å². The number of halogens is 3. The first kappa shape index (κ1) is 20.9. The van der Waals surface area contributed by atoms with Gasteiger partial charge in [-0.1, -0.05) is 46.9 Å². The Kier molecular flexibility index (Phi) is 6.93. The highest BCUT2D eigenvalue weighted by Crippen LogP contribution is 2.24. The molecule has 0 bridgehead atoms. The van der Waals surface area contributed by atoms with Crippen LogP contribution in [0.4, 0.5) is 11.4 Å². The molecule has 2 aromatic carbocycles. The van der Waals surface area contributed by atoms with Crippen molar-refractivity contribution in [2.24, 2.45) is 4.99 Å². The number of benzene rings is 2. The molecule has 0 unspecified atom stereocenters. The first-order valence-corrected chi connectivity index (χ1v) is 9.47. The predicted molar refractivity (Wildman–Crippen MR) is 114 cm³/mol. The highest BCUT2D eigenvalue weighted by Gasteiger charge is 2.14. The Morgan fingerprint density at radius 1 is 0.966 bits per heavy atom. The highest BCUT2D eigenvalue weighted by atomic mass is 35.5. The topological polar surface area (TPSA) is 83.7 Å². The van der Waals surface area contributed by atoms with Crippen LogP contribution < -0.4 is 10.6 Å². The van der Waals surface area contributed by atoms with Gasteiger partial charge in [0.15, 0.2) is 0 Å². The van der Waals surface area contributed by atoms with E-state index in [0.29, 0.717) is 38.0 Å². The predicted octanol–water partition coefficient (Wildman–Crippen LogP) is 5.25. The van der Waals surface area contributed by atoms with E-state index in [4.69, 9.17) is 39.2 Å². The van der Waals surface area contributed by atoms with Crippen LogP contribution in [0.15, 0.2) is 64.0 Å². The summed E-state index contributed by atoms with van der Waals surface area (Å²) >= 11 is 17.8. The zero-order valence-corrected chi connectivity index (χ0v) is 17.1. The number of rotatable bonds is 5. The van der Waals surface area contributed by atoms with E-state index in [9.17, 15) is 9.59 Å². The molecule has 0 aliphatic heterocycles. The normalized spacial score (nSPS) is 10.9. The van der Waals surface area contributed by atoms with Gasteiger partial charge in [-0.3, -0.25) is 14.6 Å². The Morgan fingerprint density at radius 3 is 2.41 bits per heavy atom. The zero-order chi connectivity index (χ0) is 20.8. The van der Waals surface area contributed by atoms with E-state index in [0.717, 1.165) is 0 Å². The molecule has 0 atom stereocenters. The molecule has 0 radical (unpaired) electrons. The Bertz CT molecular complexity index is 1060. The van der Waals surface area contributed by atoms with Crippen molar-refractivity contribution in [2.45, 2.75) is 6.54 Å². The fraction of sp³-hybridized carbons (Fsp3) is 0.0500. The number of nitrogens with one attached hydrogen (secondary N) is 2. The van der Waals surface area contributed by atoms with Crippen LogP contribution in [0, 0.1) is 0 Å². The number of anilines is 1. The lowest BCUT2D eigenvalue weighted by Crippen LogP contribution is -2.34. The molecule has 148 valence electrons. The minimum absolute atomic E-state index is 0.0302. The number of carbonyl (C=O) groups is 2. The molecule has 0 spiro atoms. The van der Waals surface area contributed by atoms with Crippen LogP contribution in [0.5, 0.6) is 0 Å². The lowest BCUT2D eigenvalue weighted by atomic mass is 10.3. The number of hydrogen-bond acceptors (Lipinski definition) is 4. The molecular formula is C20H14Cl3N3O3. The van der Waals surface area contributed by atoms with Crippen molar-refractivity contribution >= 4 is 64.2 Å². The van der Waals surface area contributed by atoms with Gasteiger partial charge in [-0.25, -0.2) is 0 Å². The second-order valence-corrected chi connectivity index (χ2v) is 7.09. The molecule has 0 saturated heterocycles. The van der Waals surface area contributed by atoms with Crippen LogP contribution in [0.1, 0.15) is 11.5 Å². The highest BCUT2D eigenvalue weighted by molar-refractivity contribution is 6.40. The van der Waals surface area contributed by atoms with E-state index in [1.54, 1.807) is 24.3 Å². The zero-order valence-electron chi connectivity index (χ0n) is 14.8. The number of para-hydroxylation sites is 1. The third-order valence-corrected chi connectivity index (χ3v) is 4.37. The Hall–Kier alpha value is -2.80. The van der Waals surface area contributed by atoms with Gasteiger partial charge in [0, 0.05) is 15.7 Å². The van der Waals surface area contributed by atoms with Crippen LogP contribution in [0.2, 0.25) is 15.1 Å². The van der Waals surface area contributed by atoms with Crippen molar-refractivity contribution in [3.05, 3.63) is 81.2 Å². The largest absolute Gasteiger partial charge is 0.458 e. The maximum absolute atomic E-state index is 12.0. The van der Waals surface area contributed by atoms with Crippen molar-refractivity contribution in [3.63, 3.8) is 0 Å². The van der Waals surface area contributed by atoms with Crippen LogP contribution in [0.25, 0.3) is 0 Å². The lowest BCUT2D eigenvalue weighted by molar-refractivity contribution is -0.136. The SMILES string of the molecule is O=C(NCc1ccc(C=Nc2ccccc2Cl)o1)C(=O)Nc1cc(Cl)cc(Cl)c1. The van der Waals surface area contributed by atoms with Crippen molar-refractivity contribution in [1.82, 2.24) is 5.32 Å². The van der Waals surface area contributed by atoms with Crippen molar-refractivity contribution < 1.29 is 14.0 Å². The van der Waals surface area contributed by atoms with E-state index >= 15 is 0 Å². The quantitative estimate of drug-likeness (QED) is 0.411. The molecule has 29 heavy (non-hydrogen) atoms. The van der Waals surface area contributed by atoms with Crippen LogP contribution in [-0.2, 0) is 16.1 Å². The number of amides is 2. The minimum Gasteiger partial charge on any atom is -0.458 e. The summed E-state index contributed by atoms with van der Waals surface area (Å²) < 4.78 is 5.55. The molecule has 9 heteroatoms. The van der Waals surface area contributed by atoms with Crippen molar-refractivity contribution in [2.75, 3.05) is 5.32 Å². The fourth-order valence-electron chi connectivity index (χ4n) is 2.31. The first-order valence-electron chi connectivity index (χ1n) is 8.33. The van der Waals surface area contributed by atoms with Crippen molar-refractivity contribution in [3.8, 4) is 0 Å². The maximum atomic E-state index is 12.0. The monoisotopic (exact) mass is 449 g/mol. The Labute approximate surface area is 181 Å². The average Bonchev–Trinajstić information content (AvgIpc) is 3.12. The molecule has 2 amide bonds. The van der Waals surface area contributed by atoms with E-state index in [2.05, 4.69) is 15.6 Å². The first-order chi connectivity index (χ1) is 13.9. The third-order valence-electron chi connectivity index (χ3n) is 3.62. The smallest absolute Gasteiger partial charge is 0.313 e. The average molecular weight is 451 g/mol. The fourth-order valence-corrected chi connectivity index (χ4v) is 3.02. The molecule has 3 aromatic rings. The number of carbonyl (C=O) groups excluding carboxylic acids is 2. The van der Waals surface area contributed by atoms with Crippen LogP contribution in [0.3, 0.4) is 0 Å². The molecule has 0 fully saturated rings. The van der Waals surface area contributed by atoms with Gasteiger partial charge in [0.25, 0.3) is 0 Å². The van der Waals surface area contributed by atoms with Gasteiger partial charge >= 0.3 is 11.8 Å². The lowest BCUT2D eigenvalue weighted by Gasteiger charge is -2.06. The number of hydrogen-bond donors (Lipinski definition) is 2. The molecule has 3 rings (SSSR count). The second-order valence-electron chi connectivity index (χ2n) is 5.81.